The van der Waals surface area contributed by atoms with E-state index in [4.69, 9.17) is 9.47 Å². The fraction of sp³-hybridized carbons (Fsp3) is 0.118. The fourth-order valence-corrected chi connectivity index (χ4v) is 2.27. The molecule has 0 saturated heterocycles. The minimum atomic E-state index is -0.329. The Kier molecular flexibility index (Phi) is 3.25. The molecule has 0 spiro atoms. The Balaban J connectivity index is 2.17. The van der Waals surface area contributed by atoms with E-state index < -0.39 is 0 Å². The molecule has 0 unspecified atom stereocenters. The van der Waals surface area contributed by atoms with Crippen molar-refractivity contribution < 1.29 is 14.3 Å². The molecule has 1 aliphatic rings. The molecule has 0 bridgehead atoms. The van der Waals surface area contributed by atoms with Crippen LogP contribution in [-0.4, -0.2) is 12.6 Å². The van der Waals surface area contributed by atoms with E-state index >= 15 is 0 Å². The molecular weight excluding hydrogens is 252 g/mol. The van der Waals surface area contributed by atoms with Gasteiger partial charge in [-0.2, -0.15) is 0 Å². The molecule has 0 aromatic heterocycles. The van der Waals surface area contributed by atoms with Crippen molar-refractivity contribution >= 4 is 17.3 Å². The van der Waals surface area contributed by atoms with E-state index in [0.717, 1.165) is 22.4 Å². The molecule has 0 radical (unpaired) electrons. The van der Waals surface area contributed by atoms with Crippen LogP contribution in [0.2, 0.25) is 0 Å². The Labute approximate surface area is 117 Å². The summed E-state index contributed by atoms with van der Waals surface area (Å²) in [4.78, 5) is 11.4. The quantitative estimate of drug-likeness (QED) is 0.780. The van der Waals surface area contributed by atoms with E-state index in [1.165, 1.54) is 6.92 Å². The summed E-state index contributed by atoms with van der Waals surface area (Å²) in [7, 11) is 0. The van der Waals surface area contributed by atoms with Crippen LogP contribution < -0.4 is 4.74 Å². The second-order valence-electron chi connectivity index (χ2n) is 4.55. The van der Waals surface area contributed by atoms with Crippen molar-refractivity contribution in [1.82, 2.24) is 0 Å². The van der Waals surface area contributed by atoms with Crippen LogP contribution in [0.15, 0.2) is 54.6 Å². The average Bonchev–Trinajstić information content (AvgIpc) is 2.48. The topological polar surface area (TPSA) is 35.5 Å². The summed E-state index contributed by atoms with van der Waals surface area (Å²) in [5.74, 6) is 0.999. The SMILES string of the molecule is CC(=O)OC1=C(c2ccccc2)COc2ccccc21. The molecule has 100 valence electrons. The van der Waals surface area contributed by atoms with Crippen LogP contribution in [0.25, 0.3) is 11.3 Å². The lowest BCUT2D eigenvalue weighted by Crippen LogP contribution is -2.13. The van der Waals surface area contributed by atoms with Gasteiger partial charge in [-0.25, -0.2) is 0 Å². The average molecular weight is 266 g/mol. The van der Waals surface area contributed by atoms with Gasteiger partial charge >= 0.3 is 5.97 Å². The summed E-state index contributed by atoms with van der Waals surface area (Å²) in [5.41, 5.74) is 2.70. The van der Waals surface area contributed by atoms with Crippen molar-refractivity contribution in [2.24, 2.45) is 0 Å². The monoisotopic (exact) mass is 266 g/mol. The van der Waals surface area contributed by atoms with Gasteiger partial charge in [-0.15, -0.1) is 0 Å². The third kappa shape index (κ3) is 2.30. The predicted octanol–water partition coefficient (Wildman–Crippen LogP) is 3.51. The molecule has 2 aromatic carbocycles. The van der Waals surface area contributed by atoms with Crippen LogP contribution >= 0.6 is 0 Å². The number of para-hydroxylation sites is 1. The lowest BCUT2D eigenvalue weighted by atomic mass is 9.99. The van der Waals surface area contributed by atoms with Crippen LogP contribution in [0, 0.1) is 0 Å². The number of esters is 1. The van der Waals surface area contributed by atoms with Gasteiger partial charge in [0.1, 0.15) is 18.1 Å². The van der Waals surface area contributed by atoms with E-state index in [0.29, 0.717) is 12.4 Å². The first kappa shape index (κ1) is 12.5. The smallest absolute Gasteiger partial charge is 0.308 e. The van der Waals surface area contributed by atoms with Gasteiger partial charge < -0.3 is 9.47 Å². The largest absolute Gasteiger partial charge is 0.488 e. The molecule has 0 N–H and O–H groups in total. The minimum absolute atomic E-state index is 0.329. The number of rotatable bonds is 2. The molecule has 0 aliphatic carbocycles. The lowest BCUT2D eigenvalue weighted by molar-refractivity contribution is -0.134. The Morgan fingerprint density at radius 3 is 2.50 bits per heavy atom. The number of ether oxygens (including phenoxy) is 2. The normalized spacial score (nSPS) is 13.4. The molecule has 3 rings (SSSR count). The summed E-state index contributed by atoms with van der Waals surface area (Å²) in [5, 5.41) is 0. The summed E-state index contributed by atoms with van der Waals surface area (Å²) in [6, 6.07) is 17.4. The Hall–Kier alpha value is -2.55. The molecule has 3 nitrogen and oxygen atoms in total. The molecule has 0 atom stereocenters. The van der Waals surface area contributed by atoms with Gasteiger partial charge in [0.25, 0.3) is 0 Å². The van der Waals surface area contributed by atoms with E-state index in [9.17, 15) is 4.79 Å². The van der Waals surface area contributed by atoms with Gasteiger partial charge in [0.15, 0.2) is 0 Å². The third-order valence-electron chi connectivity index (χ3n) is 3.15. The van der Waals surface area contributed by atoms with Crippen molar-refractivity contribution in [3.8, 4) is 5.75 Å². The fourth-order valence-electron chi connectivity index (χ4n) is 2.27. The van der Waals surface area contributed by atoms with Crippen LogP contribution in [0.3, 0.4) is 0 Å². The van der Waals surface area contributed by atoms with E-state index in [-0.39, 0.29) is 5.97 Å². The van der Waals surface area contributed by atoms with Crippen molar-refractivity contribution in [2.75, 3.05) is 6.61 Å². The second-order valence-corrected chi connectivity index (χ2v) is 4.55. The standard InChI is InChI=1S/C17H14O3/c1-12(18)20-17-14-9-5-6-10-16(14)19-11-15(17)13-7-3-2-4-8-13/h2-10H,11H2,1H3. The number of carbonyl (C=O) groups excluding carboxylic acids is 1. The van der Waals surface area contributed by atoms with Crippen LogP contribution in [0.1, 0.15) is 18.1 Å². The van der Waals surface area contributed by atoms with Crippen LogP contribution in [0.4, 0.5) is 0 Å². The summed E-state index contributed by atoms with van der Waals surface area (Å²) < 4.78 is 11.2. The molecule has 1 heterocycles. The first-order chi connectivity index (χ1) is 9.75. The zero-order valence-electron chi connectivity index (χ0n) is 11.1. The maximum atomic E-state index is 11.4. The van der Waals surface area contributed by atoms with Gasteiger partial charge in [0, 0.05) is 12.5 Å². The highest BCUT2D eigenvalue weighted by Crippen LogP contribution is 2.37. The van der Waals surface area contributed by atoms with Crippen molar-refractivity contribution in [3.63, 3.8) is 0 Å². The minimum Gasteiger partial charge on any atom is -0.488 e. The van der Waals surface area contributed by atoms with Crippen LogP contribution in [0.5, 0.6) is 5.75 Å². The molecule has 20 heavy (non-hydrogen) atoms. The molecule has 0 amide bonds. The predicted molar refractivity (Wildman–Crippen MR) is 77.0 cm³/mol. The Morgan fingerprint density at radius 2 is 1.75 bits per heavy atom. The van der Waals surface area contributed by atoms with Gasteiger partial charge in [-0.1, -0.05) is 42.5 Å². The van der Waals surface area contributed by atoms with E-state index in [2.05, 4.69) is 0 Å². The molecule has 2 aromatic rings. The number of carbonyl (C=O) groups is 1. The van der Waals surface area contributed by atoms with Crippen molar-refractivity contribution in [2.45, 2.75) is 6.92 Å². The Bertz CT molecular complexity index is 672. The molecule has 1 aliphatic heterocycles. The highest BCUT2D eigenvalue weighted by atomic mass is 16.5. The van der Waals surface area contributed by atoms with Gasteiger partial charge in [0.2, 0.25) is 0 Å². The molecule has 3 heteroatoms. The van der Waals surface area contributed by atoms with Crippen molar-refractivity contribution in [3.05, 3.63) is 65.7 Å². The maximum Gasteiger partial charge on any atom is 0.308 e. The van der Waals surface area contributed by atoms with Crippen LogP contribution in [-0.2, 0) is 9.53 Å². The van der Waals surface area contributed by atoms with Gasteiger partial charge in [0.05, 0.1) is 5.56 Å². The van der Waals surface area contributed by atoms with Gasteiger partial charge in [-0.3, -0.25) is 4.79 Å². The number of hydrogen-bond donors (Lipinski definition) is 0. The lowest BCUT2D eigenvalue weighted by Gasteiger charge is -2.23. The number of fused-ring (bicyclic) bond motifs is 1. The first-order valence-electron chi connectivity index (χ1n) is 6.45. The summed E-state index contributed by atoms with van der Waals surface area (Å²) in [6.45, 7) is 1.80. The summed E-state index contributed by atoms with van der Waals surface area (Å²) in [6.07, 6.45) is 0. The molecule has 0 fully saturated rings. The Morgan fingerprint density at radius 1 is 1.05 bits per heavy atom. The zero-order chi connectivity index (χ0) is 13.9. The molecule has 0 saturated carbocycles. The zero-order valence-corrected chi connectivity index (χ0v) is 11.1. The maximum absolute atomic E-state index is 11.4. The number of hydrogen-bond acceptors (Lipinski definition) is 3. The highest BCUT2D eigenvalue weighted by Gasteiger charge is 2.23. The highest BCUT2D eigenvalue weighted by molar-refractivity contribution is 5.94. The van der Waals surface area contributed by atoms with Crippen molar-refractivity contribution in [1.29, 1.82) is 0 Å². The third-order valence-corrected chi connectivity index (χ3v) is 3.15. The van der Waals surface area contributed by atoms with E-state index in [1.54, 1.807) is 0 Å². The second kappa shape index (κ2) is 5.21. The first-order valence-corrected chi connectivity index (χ1v) is 6.45. The number of benzene rings is 2. The molecular formula is C17H14O3. The summed E-state index contributed by atoms with van der Waals surface area (Å²) >= 11 is 0. The van der Waals surface area contributed by atoms with E-state index in [1.807, 2.05) is 54.6 Å². The van der Waals surface area contributed by atoms with Gasteiger partial charge in [-0.05, 0) is 17.7 Å².